The Morgan fingerprint density at radius 2 is 1.97 bits per heavy atom. The molecule has 0 atom stereocenters. The van der Waals surface area contributed by atoms with Crippen LogP contribution in [0.3, 0.4) is 0 Å². The van der Waals surface area contributed by atoms with Gasteiger partial charge in [-0.3, -0.25) is 4.79 Å². The highest BCUT2D eigenvalue weighted by atomic mass is 16.6. The SMILES string of the molecule is Cc1ccc2nc(CNC(=O)c3nnn(-c4ccc5c(c4)OCCO5)c3C)[nH]c2c1. The van der Waals surface area contributed by atoms with Crippen molar-refractivity contribution in [2.75, 3.05) is 13.2 Å². The summed E-state index contributed by atoms with van der Waals surface area (Å²) in [6.07, 6.45) is 0. The maximum atomic E-state index is 12.7. The number of carbonyl (C=O) groups excluding carboxylic acids is 1. The average Bonchev–Trinajstić information content (AvgIpc) is 3.34. The topological polar surface area (TPSA) is 107 Å². The Labute approximate surface area is 172 Å². The maximum Gasteiger partial charge on any atom is 0.274 e. The number of nitrogens with zero attached hydrogens (tertiary/aromatic N) is 4. The first-order chi connectivity index (χ1) is 14.6. The minimum Gasteiger partial charge on any atom is -0.486 e. The molecule has 0 unspecified atom stereocenters. The lowest BCUT2D eigenvalue weighted by Crippen LogP contribution is -2.24. The Bertz CT molecular complexity index is 1260. The first kappa shape index (κ1) is 18.2. The maximum absolute atomic E-state index is 12.7. The van der Waals surface area contributed by atoms with E-state index in [0.29, 0.717) is 36.2 Å². The molecule has 152 valence electrons. The molecule has 0 spiro atoms. The van der Waals surface area contributed by atoms with Gasteiger partial charge in [-0.1, -0.05) is 11.3 Å². The molecule has 0 bridgehead atoms. The largest absolute Gasteiger partial charge is 0.486 e. The van der Waals surface area contributed by atoms with Gasteiger partial charge >= 0.3 is 0 Å². The Hall–Kier alpha value is -3.88. The molecule has 3 heterocycles. The van der Waals surface area contributed by atoms with Crippen LogP contribution in [0.1, 0.15) is 27.6 Å². The monoisotopic (exact) mass is 404 g/mol. The fourth-order valence-electron chi connectivity index (χ4n) is 3.46. The second kappa shape index (κ2) is 7.18. The van der Waals surface area contributed by atoms with Crippen molar-refractivity contribution in [3.8, 4) is 17.2 Å². The molecule has 9 nitrogen and oxygen atoms in total. The predicted octanol–water partition coefficient (Wildman–Crippen LogP) is 2.46. The molecule has 1 aliphatic heterocycles. The normalized spacial score (nSPS) is 12.9. The zero-order valence-corrected chi connectivity index (χ0v) is 16.6. The van der Waals surface area contributed by atoms with Gasteiger partial charge in [0.1, 0.15) is 19.0 Å². The predicted molar refractivity (Wildman–Crippen MR) is 109 cm³/mol. The summed E-state index contributed by atoms with van der Waals surface area (Å²) in [6, 6.07) is 11.5. The van der Waals surface area contributed by atoms with Gasteiger partial charge < -0.3 is 19.8 Å². The molecule has 1 amide bonds. The summed E-state index contributed by atoms with van der Waals surface area (Å²) < 4.78 is 12.8. The van der Waals surface area contributed by atoms with Crippen LogP contribution in [0.15, 0.2) is 36.4 Å². The number of rotatable bonds is 4. The van der Waals surface area contributed by atoms with Crippen LogP contribution in [0, 0.1) is 13.8 Å². The van der Waals surface area contributed by atoms with Crippen LogP contribution in [0.25, 0.3) is 16.7 Å². The lowest BCUT2D eigenvalue weighted by molar-refractivity contribution is 0.0944. The van der Waals surface area contributed by atoms with E-state index < -0.39 is 0 Å². The van der Waals surface area contributed by atoms with E-state index in [-0.39, 0.29) is 18.1 Å². The van der Waals surface area contributed by atoms with Crippen molar-refractivity contribution < 1.29 is 14.3 Å². The number of nitrogens with one attached hydrogen (secondary N) is 2. The average molecular weight is 404 g/mol. The number of ether oxygens (including phenoxy) is 2. The van der Waals surface area contributed by atoms with Crippen LogP contribution >= 0.6 is 0 Å². The number of aryl methyl sites for hydroxylation is 1. The molecule has 0 fully saturated rings. The summed E-state index contributed by atoms with van der Waals surface area (Å²) in [5.74, 6) is 1.72. The molecule has 2 aromatic carbocycles. The van der Waals surface area contributed by atoms with Gasteiger partial charge in [0, 0.05) is 6.07 Å². The van der Waals surface area contributed by atoms with Crippen molar-refractivity contribution in [1.29, 1.82) is 0 Å². The van der Waals surface area contributed by atoms with Crippen molar-refractivity contribution in [3.05, 3.63) is 59.2 Å². The van der Waals surface area contributed by atoms with E-state index in [2.05, 4.69) is 25.6 Å². The van der Waals surface area contributed by atoms with Gasteiger partial charge in [-0.05, 0) is 43.7 Å². The van der Waals surface area contributed by atoms with Crippen LogP contribution in [0.5, 0.6) is 11.5 Å². The molecule has 2 N–H and O–H groups in total. The van der Waals surface area contributed by atoms with Crippen molar-refractivity contribution in [2.24, 2.45) is 0 Å². The second-order valence-corrected chi connectivity index (χ2v) is 7.15. The number of H-pyrrole nitrogens is 1. The van der Waals surface area contributed by atoms with Crippen molar-refractivity contribution >= 4 is 16.9 Å². The Kier molecular flexibility index (Phi) is 4.35. The number of fused-ring (bicyclic) bond motifs is 2. The summed E-state index contributed by atoms with van der Waals surface area (Å²) in [5.41, 5.74) is 4.59. The van der Waals surface area contributed by atoms with Crippen LogP contribution in [-0.4, -0.2) is 44.1 Å². The molecule has 30 heavy (non-hydrogen) atoms. The minimum atomic E-state index is -0.312. The number of benzene rings is 2. The molecular formula is C21H20N6O3. The van der Waals surface area contributed by atoms with Gasteiger partial charge in [0.2, 0.25) is 0 Å². The number of amides is 1. The molecule has 0 saturated heterocycles. The van der Waals surface area contributed by atoms with Crippen LogP contribution in [-0.2, 0) is 6.54 Å². The third-order valence-electron chi connectivity index (χ3n) is 4.98. The van der Waals surface area contributed by atoms with Crippen molar-refractivity contribution in [3.63, 3.8) is 0 Å². The van der Waals surface area contributed by atoms with Crippen LogP contribution < -0.4 is 14.8 Å². The highest BCUT2D eigenvalue weighted by molar-refractivity contribution is 5.93. The molecule has 0 aliphatic carbocycles. The number of aromatic amines is 1. The Morgan fingerprint density at radius 1 is 1.13 bits per heavy atom. The minimum absolute atomic E-state index is 0.261. The van der Waals surface area contributed by atoms with E-state index in [4.69, 9.17) is 9.47 Å². The summed E-state index contributed by atoms with van der Waals surface area (Å²) in [6.45, 7) is 5.12. The number of imidazole rings is 1. The molecule has 4 aromatic rings. The second-order valence-electron chi connectivity index (χ2n) is 7.15. The third-order valence-corrected chi connectivity index (χ3v) is 4.98. The van der Waals surface area contributed by atoms with Gasteiger partial charge in [0.05, 0.1) is 29.0 Å². The highest BCUT2D eigenvalue weighted by Gasteiger charge is 2.19. The van der Waals surface area contributed by atoms with Gasteiger partial charge in [-0.2, -0.15) is 0 Å². The standard InChI is InChI=1S/C21H20N6O3/c1-12-3-5-15-16(9-12)24-19(23-15)11-22-21(28)20-13(2)27(26-25-20)14-4-6-17-18(10-14)30-8-7-29-17/h3-6,9-10H,7-8,11H2,1-2H3,(H,22,28)(H,23,24). The smallest absolute Gasteiger partial charge is 0.274 e. The molecule has 5 rings (SSSR count). The first-order valence-electron chi connectivity index (χ1n) is 9.64. The summed E-state index contributed by atoms with van der Waals surface area (Å²) >= 11 is 0. The van der Waals surface area contributed by atoms with Crippen molar-refractivity contribution in [1.82, 2.24) is 30.3 Å². The molecule has 0 radical (unpaired) electrons. The summed E-state index contributed by atoms with van der Waals surface area (Å²) in [7, 11) is 0. The molecule has 1 aliphatic rings. The van der Waals surface area contributed by atoms with Crippen LogP contribution in [0.4, 0.5) is 0 Å². The lowest BCUT2D eigenvalue weighted by atomic mass is 10.2. The van der Waals surface area contributed by atoms with Gasteiger partial charge in [0.25, 0.3) is 5.91 Å². The lowest BCUT2D eigenvalue weighted by Gasteiger charge is -2.18. The van der Waals surface area contributed by atoms with E-state index in [1.807, 2.05) is 43.3 Å². The van der Waals surface area contributed by atoms with Crippen LogP contribution in [0.2, 0.25) is 0 Å². The molecule has 9 heteroatoms. The number of hydrogen-bond donors (Lipinski definition) is 2. The van der Waals surface area contributed by atoms with Gasteiger partial charge in [-0.25, -0.2) is 9.67 Å². The van der Waals surface area contributed by atoms with E-state index in [1.165, 1.54) is 0 Å². The fraction of sp³-hybridized carbons (Fsp3) is 0.238. The molecule has 2 aromatic heterocycles. The molecule has 0 saturated carbocycles. The quantitative estimate of drug-likeness (QED) is 0.541. The molecular weight excluding hydrogens is 384 g/mol. The van der Waals surface area contributed by atoms with E-state index in [0.717, 1.165) is 22.3 Å². The fourth-order valence-corrected chi connectivity index (χ4v) is 3.46. The van der Waals surface area contributed by atoms with Gasteiger partial charge in [0.15, 0.2) is 17.2 Å². The van der Waals surface area contributed by atoms with Gasteiger partial charge in [-0.15, -0.1) is 5.10 Å². The number of aromatic nitrogens is 5. The van der Waals surface area contributed by atoms with E-state index >= 15 is 0 Å². The highest BCUT2D eigenvalue weighted by Crippen LogP contribution is 2.32. The third kappa shape index (κ3) is 3.24. The van der Waals surface area contributed by atoms with E-state index in [1.54, 1.807) is 11.6 Å². The zero-order valence-electron chi connectivity index (χ0n) is 16.6. The van der Waals surface area contributed by atoms with Crippen molar-refractivity contribution in [2.45, 2.75) is 20.4 Å². The Morgan fingerprint density at radius 3 is 2.83 bits per heavy atom. The van der Waals surface area contributed by atoms with E-state index in [9.17, 15) is 4.79 Å². The Balaban J connectivity index is 1.33. The summed E-state index contributed by atoms with van der Waals surface area (Å²) in [5, 5.41) is 11.1. The number of hydrogen-bond acceptors (Lipinski definition) is 6. The zero-order chi connectivity index (χ0) is 20.7. The summed E-state index contributed by atoms with van der Waals surface area (Å²) in [4.78, 5) is 20.4. The first-order valence-corrected chi connectivity index (χ1v) is 9.64. The number of carbonyl (C=O) groups is 1.